The zero-order chi connectivity index (χ0) is 20.1. The Bertz CT molecular complexity index is 1060. The highest BCUT2D eigenvalue weighted by molar-refractivity contribution is 6.32. The van der Waals surface area contributed by atoms with Crippen molar-refractivity contribution in [2.24, 2.45) is 7.05 Å². The lowest BCUT2D eigenvalue weighted by Gasteiger charge is -2.10. The third kappa shape index (κ3) is 3.97. The molecule has 3 rings (SSSR count). The molecule has 0 spiro atoms. The average molecular weight is 400 g/mol. The van der Waals surface area contributed by atoms with Crippen LogP contribution in [0.2, 0.25) is 5.15 Å². The van der Waals surface area contributed by atoms with Gasteiger partial charge in [-0.3, -0.25) is 13.9 Å². The van der Waals surface area contributed by atoms with Gasteiger partial charge in [0.25, 0.3) is 5.91 Å². The van der Waals surface area contributed by atoms with Crippen LogP contribution in [0.4, 0.5) is 4.39 Å². The lowest BCUT2D eigenvalue weighted by atomic mass is 10.00. The molecule has 0 saturated heterocycles. The van der Waals surface area contributed by atoms with Crippen molar-refractivity contribution in [2.45, 2.75) is 19.3 Å². The normalized spacial score (nSPS) is 10.8. The largest absolute Gasteiger partial charge is 0.351 e. The van der Waals surface area contributed by atoms with Gasteiger partial charge in [-0.2, -0.15) is 10.4 Å². The van der Waals surface area contributed by atoms with Crippen LogP contribution >= 0.6 is 11.6 Å². The maximum atomic E-state index is 12.6. The van der Waals surface area contributed by atoms with Crippen LogP contribution in [0.25, 0.3) is 22.0 Å². The molecule has 28 heavy (non-hydrogen) atoms. The summed E-state index contributed by atoms with van der Waals surface area (Å²) in [6.45, 7) is 0.0772. The van der Waals surface area contributed by atoms with Crippen LogP contribution in [0.1, 0.15) is 35.3 Å². The molecule has 6 nitrogen and oxygen atoms in total. The summed E-state index contributed by atoms with van der Waals surface area (Å²) < 4.78 is 13.7. The van der Waals surface area contributed by atoms with Crippen molar-refractivity contribution in [3.8, 4) is 17.2 Å². The number of amides is 1. The number of nitrogens with one attached hydrogen (secondary N) is 1. The number of nitriles is 1. The molecule has 0 aliphatic heterocycles. The summed E-state index contributed by atoms with van der Waals surface area (Å²) >= 11 is 6.37. The first kappa shape index (κ1) is 19.8. The molecule has 0 bridgehead atoms. The highest BCUT2D eigenvalue weighted by Crippen LogP contribution is 2.34. The zero-order valence-electron chi connectivity index (χ0n) is 15.4. The molecule has 1 aromatic carbocycles. The van der Waals surface area contributed by atoms with E-state index in [0.29, 0.717) is 58.6 Å². The second-order valence-electron chi connectivity index (χ2n) is 6.35. The average Bonchev–Trinajstić information content (AvgIpc) is 3.04. The van der Waals surface area contributed by atoms with E-state index in [1.807, 2.05) is 6.07 Å². The molecule has 0 fully saturated rings. The van der Waals surface area contributed by atoms with Gasteiger partial charge in [0.1, 0.15) is 16.9 Å². The van der Waals surface area contributed by atoms with Crippen molar-refractivity contribution in [3.05, 3.63) is 46.9 Å². The Morgan fingerprint density at radius 1 is 1.32 bits per heavy atom. The first-order valence-corrected chi connectivity index (χ1v) is 9.30. The summed E-state index contributed by atoms with van der Waals surface area (Å²) in [5.41, 5.74) is 2.34. The highest BCUT2D eigenvalue weighted by Gasteiger charge is 2.18. The van der Waals surface area contributed by atoms with Crippen molar-refractivity contribution in [2.75, 3.05) is 13.2 Å². The number of nitrogens with zero attached hydrogens (tertiary/aromatic N) is 4. The van der Waals surface area contributed by atoms with Crippen LogP contribution < -0.4 is 5.32 Å². The number of halogens is 2. The van der Waals surface area contributed by atoms with E-state index >= 15 is 0 Å². The van der Waals surface area contributed by atoms with Gasteiger partial charge in [-0.05, 0) is 37.0 Å². The van der Waals surface area contributed by atoms with Gasteiger partial charge >= 0.3 is 0 Å². The van der Waals surface area contributed by atoms with E-state index in [9.17, 15) is 14.4 Å². The van der Waals surface area contributed by atoms with Crippen LogP contribution in [-0.4, -0.2) is 33.9 Å². The van der Waals surface area contributed by atoms with E-state index in [1.165, 1.54) is 4.68 Å². The Balaban J connectivity index is 2.03. The number of carbonyl (C=O) groups is 1. The molecular formula is C20H19ClFN5O. The molecule has 0 atom stereocenters. The number of alkyl halides is 1. The second-order valence-corrected chi connectivity index (χ2v) is 6.70. The predicted molar refractivity (Wildman–Crippen MR) is 106 cm³/mol. The van der Waals surface area contributed by atoms with Crippen LogP contribution in [0.5, 0.6) is 0 Å². The molecule has 0 radical (unpaired) electrons. The molecule has 3 aromatic rings. The molecule has 144 valence electrons. The molecule has 2 heterocycles. The quantitative estimate of drug-likeness (QED) is 0.608. The summed E-state index contributed by atoms with van der Waals surface area (Å²) in [5, 5.41) is 17.5. The van der Waals surface area contributed by atoms with Crippen LogP contribution in [0.15, 0.2) is 30.5 Å². The van der Waals surface area contributed by atoms with Gasteiger partial charge in [-0.25, -0.2) is 4.98 Å². The van der Waals surface area contributed by atoms with Gasteiger partial charge in [-0.1, -0.05) is 23.7 Å². The third-order valence-corrected chi connectivity index (χ3v) is 4.89. The van der Waals surface area contributed by atoms with Crippen molar-refractivity contribution < 1.29 is 9.18 Å². The van der Waals surface area contributed by atoms with Gasteiger partial charge in [0.2, 0.25) is 0 Å². The van der Waals surface area contributed by atoms with Crippen molar-refractivity contribution >= 4 is 28.4 Å². The number of rotatable bonds is 7. The molecule has 1 N–H and O–H groups in total. The van der Waals surface area contributed by atoms with E-state index in [2.05, 4.69) is 21.5 Å². The Morgan fingerprint density at radius 2 is 2.14 bits per heavy atom. The van der Waals surface area contributed by atoms with E-state index in [1.54, 1.807) is 31.4 Å². The van der Waals surface area contributed by atoms with Crippen LogP contribution in [0.3, 0.4) is 0 Å². The van der Waals surface area contributed by atoms with E-state index in [-0.39, 0.29) is 18.3 Å². The Labute approximate surface area is 166 Å². The predicted octanol–water partition coefficient (Wildman–Crippen LogP) is 4.03. The number of unbranched alkanes of at least 4 members (excludes halogenated alkanes) is 2. The first-order valence-electron chi connectivity index (χ1n) is 8.92. The number of aryl methyl sites for hydroxylation is 1. The fraction of sp³-hybridized carbons (Fsp3) is 0.300. The monoisotopic (exact) mass is 399 g/mol. The summed E-state index contributed by atoms with van der Waals surface area (Å²) in [6.07, 6.45) is 3.50. The SMILES string of the molecule is Cn1ncc(-c2cc(C(=O)NCCCCCF)nc3c(C#N)cccc23)c1Cl. The first-order chi connectivity index (χ1) is 13.6. The maximum Gasteiger partial charge on any atom is 0.269 e. The van der Waals surface area contributed by atoms with E-state index < -0.39 is 0 Å². The fourth-order valence-electron chi connectivity index (χ4n) is 2.97. The van der Waals surface area contributed by atoms with E-state index in [0.717, 1.165) is 0 Å². The number of carbonyl (C=O) groups excluding carboxylic acids is 1. The van der Waals surface area contributed by atoms with Gasteiger partial charge in [0.05, 0.1) is 24.0 Å². The highest BCUT2D eigenvalue weighted by atomic mass is 35.5. The summed E-state index contributed by atoms with van der Waals surface area (Å²) in [5.74, 6) is -0.351. The Morgan fingerprint density at radius 3 is 2.82 bits per heavy atom. The molecule has 0 aliphatic carbocycles. The summed E-state index contributed by atoms with van der Waals surface area (Å²) in [7, 11) is 1.72. The standard InChI is InChI=1S/C20H19ClFN5O/c1-27-19(21)16(12-25-27)15-10-17(20(28)24-9-4-2-3-8-22)26-18-13(11-23)6-5-7-14(15)18/h5-7,10,12H,2-4,8-9H2,1H3,(H,24,28). The fourth-order valence-corrected chi connectivity index (χ4v) is 3.16. The maximum absolute atomic E-state index is 12.6. The molecule has 0 unspecified atom stereocenters. The van der Waals surface area contributed by atoms with Gasteiger partial charge < -0.3 is 5.32 Å². The zero-order valence-corrected chi connectivity index (χ0v) is 16.1. The summed E-state index contributed by atoms with van der Waals surface area (Å²) in [4.78, 5) is 17.0. The van der Waals surface area contributed by atoms with Gasteiger partial charge in [-0.15, -0.1) is 0 Å². The number of aromatic nitrogens is 3. The van der Waals surface area contributed by atoms with Gasteiger partial charge in [0, 0.05) is 24.5 Å². The number of para-hydroxylation sites is 1. The minimum Gasteiger partial charge on any atom is -0.351 e. The molecule has 2 aromatic heterocycles. The lowest BCUT2D eigenvalue weighted by molar-refractivity contribution is 0.0948. The van der Waals surface area contributed by atoms with Crippen molar-refractivity contribution in [1.29, 1.82) is 5.26 Å². The number of fused-ring (bicyclic) bond motifs is 1. The van der Waals surface area contributed by atoms with Gasteiger partial charge in [0.15, 0.2) is 0 Å². The molecule has 0 saturated carbocycles. The number of hydrogen-bond acceptors (Lipinski definition) is 4. The van der Waals surface area contributed by atoms with Crippen molar-refractivity contribution in [3.63, 3.8) is 0 Å². The molecular weight excluding hydrogens is 381 g/mol. The summed E-state index contributed by atoms with van der Waals surface area (Å²) in [6, 6.07) is 9.03. The van der Waals surface area contributed by atoms with Crippen molar-refractivity contribution in [1.82, 2.24) is 20.1 Å². The molecule has 8 heteroatoms. The number of benzene rings is 1. The minimum atomic E-state index is -0.355. The van der Waals surface area contributed by atoms with E-state index in [4.69, 9.17) is 11.6 Å². The van der Waals surface area contributed by atoms with Crippen LogP contribution in [-0.2, 0) is 7.05 Å². The Kier molecular flexibility index (Phi) is 6.22. The Hall–Kier alpha value is -2.98. The smallest absolute Gasteiger partial charge is 0.269 e. The number of hydrogen-bond donors (Lipinski definition) is 1. The van der Waals surface area contributed by atoms with Crippen LogP contribution in [0, 0.1) is 11.3 Å². The second kappa shape index (κ2) is 8.81. The number of pyridine rings is 1. The molecule has 0 aliphatic rings. The topological polar surface area (TPSA) is 83.6 Å². The lowest BCUT2D eigenvalue weighted by Crippen LogP contribution is -2.25. The molecule has 1 amide bonds. The minimum absolute atomic E-state index is 0.190. The third-order valence-electron chi connectivity index (χ3n) is 4.45.